The van der Waals surface area contributed by atoms with Crippen LogP contribution >= 0.6 is 0 Å². The van der Waals surface area contributed by atoms with E-state index in [9.17, 15) is 31.1 Å². The van der Waals surface area contributed by atoms with Crippen LogP contribution in [0.2, 0.25) is 0 Å². The molecule has 38 heavy (non-hydrogen) atoms. The highest BCUT2D eigenvalue weighted by Crippen LogP contribution is 2.40. The Balaban J connectivity index is 1.46. The van der Waals surface area contributed by atoms with Crippen LogP contribution in [0.15, 0.2) is 36.4 Å². The van der Waals surface area contributed by atoms with Gasteiger partial charge in [-0.1, -0.05) is 12.1 Å². The van der Waals surface area contributed by atoms with E-state index in [4.69, 9.17) is 14.2 Å². The number of alkyl halides is 6. The van der Waals surface area contributed by atoms with Gasteiger partial charge in [0, 0.05) is 31.0 Å². The molecule has 2 aromatic rings. The molecule has 3 aliphatic rings. The van der Waals surface area contributed by atoms with Crippen LogP contribution in [0.3, 0.4) is 0 Å². The summed E-state index contributed by atoms with van der Waals surface area (Å²) in [7, 11) is 0. The van der Waals surface area contributed by atoms with Gasteiger partial charge < -0.3 is 28.8 Å². The van der Waals surface area contributed by atoms with Crippen LogP contribution in [0.1, 0.15) is 22.3 Å². The second kappa shape index (κ2) is 10.4. The minimum Gasteiger partial charge on any atom is -0.371 e. The Morgan fingerprint density at radius 2 is 1.11 bits per heavy atom. The third-order valence-electron chi connectivity index (χ3n) is 6.68. The van der Waals surface area contributed by atoms with Crippen molar-refractivity contribution in [2.24, 2.45) is 0 Å². The first-order valence-corrected chi connectivity index (χ1v) is 12.2. The molecule has 3 saturated heterocycles. The van der Waals surface area contributed by atoms with E-state index in [1.54, 1.807) is 4.90 Å². The zero-order valence-electron chi connectivity index (χ0n) is 20.2. The minimum absolute atomic E-state index is 0.0686. The van der Waals surface area contributed by atoms with E-state index in [0.717, 1.165) is 12.1 Å². The molecular formula is C26H26F6N2O4. The van der Waals surface area contributed by atoms with Gasteiger partial charge in [0.2, 0.25) is 0 Å². The largest absolute Gasteiger partial charge is 0.416 e. The van der Waals surface area contributed by atoms with E-state index in [1.165, 1.54) is 29.2 Å². The highest BCUT2D eigenvalue weighted by Gasteiger charge is 2.38. The van der Waals surface area contributed by atoms with Gasteiger partial charge in [0.05, 0.1) is 55.8 Å². The van der Waals surface area contributed by atoms with Gasteiger partial charge in [-0.25, -0.2) is 0 Å². The number of rotatable bonds is 12. The molecule has 12 heteroatoms. The number of nitrogens with zero attached hydrogens (tertiary/aromatic N) is 2. The minimum atomic E-state index is -4.81. The maximum Gasteiger partial charge on any atom is 0.416 e. The van der Waals surface area contributed by atoms with Crippen LogP contribution in [0, 0.1) is 0 Å². The van der Waals surface area contributed by atoms with Gasteiger partial charge in [0.25, 0.3) is 0 Å². The topological polar surface area (TPSA) is 61.1 Å². The molecule has 206 valence electrons. The van der Waals surface area contributed by atoms with Crippen molar-refractivity contribution in [1.82, 2.24) is 0 Å². The molecule has 5 rings (SSSR count). The molecule has 2 aromatic carbocycles. The predicted octanol–water partition coefficient (Wildman–Crippen LogP) is 4.32. The first kappa shape index (κ1) is 26.8. The Morgan fingerprint density at radius 3 is 1.47 bits per heavy atom. The highest BCUT2D eigenvalue weighted by atomic mass is 19.4. The number of carbonyl (C=O) groups excluding carboxylic acids is 1. The second-order valence-corrected chi connectivity index (χ2v) is 9.70. The van der Waals surface area contributed by atoms with Gasteiger partial charge in [0.1, 0.15) is 6.29 Å². The van der Waals surface area contributed by atoms with Crippen molar-refractivity contribution >= 4 is 17.7 Å². The monoisotopic (exact) mass is 544 g/mol. The molecule has 0 aromatic heterocycles. The summed E-state index contributed by atoms with van der Waals surface area (Å²) >= 11 is 0. The molecule has 0 spiro atoms. The number of halogens is 6. The lowest BCUT2D eigenvalue weighted by molar-refractivity contribution is -0.138. The van der Waals surface area contributed by atoms with Crippen LogP contribution in [-0.2, 0) is 37.8 Å². The van der Waals surface area contributed by atoms with Gasteiger partial charge in [-0.05, 0) is 41.8 Å². The van der Waals surface area contributed by atoms with Crippen molar-refractivity contribution in [3.63, 3.8) is 0 Å². The Hall–Kier alpha value is -2.83. The van der Waals surface area contributed by atoms with Crippen LogP contribution < -0.4 is 9.80 Å². The van der Waals surface area contributed by atoms with Crippen LogP contribution in [0.25, 0.3) is 0 Å². The van der Waals surface area contributed by atoms with E-state index >= 15 is 0 Å². The number of benzene rings is 2. The average Bonchev–Trinajstić information content (AvgIpc) is 3.69. The summed E-state index contributed by atoms with van der Waals surface area (Å²) in [5.74, 6) is 0. The molecule has 0 N–H and O–H groups in total. The van der Waals surface area contributed by atoms with E-state index in [-0.39, 0.29) is 48.2 Å². The number of epoxide rings is 3. The summed E-state index contributed by atoms with van der Waals surface area (Å²) in [6.07, 6.45) is -9.88. The van der Waals surface area contributed by atoms with Crippen molar-refractivity contribution in [3.8, 4) is 0 Å². The van der Waals surface area contributed by atoms with Gasteiger partial charge in [-0.2, -0.15) is 26.3 Å². The first-order chi connectivity index (χ1) is 18.0. The molecule has 6 nitrogen and oxygen atoms in total. The molecule has 3 fully saturated rings. The number of hydrogen-bond donors (Lipinski definition) is 0. The Bertz CT molecular complexity index is 1150. The molecule has 0 aliphatic carbocycles. The second-order valence-electron chi connectivity index (χ2n) is 9.70. The predicted molar refractivity (Wildman–Crippen MR) is 125 cm³/mol. The van der Waals surface area contributed by atoms with Crippen LogP contribution in [-0.4, -0.2) is 70.6 Å². The normalized spacial score (nSPS) is 22.2. The van der Waals surface area contributed by atoms with Crippen molar-refractivity contribution < 1.29 is 45.3 Å². The van der Waals surface area contributed by atoms with Gasteiger partial charge >= 0.3 is 12.4 Å². The standard InChI is InChI=1S/C26H26F6N2O4/c27-25(28,29)23-8-18(33(5-6-35)10-20-13-36-20)3-1-16(23)7-17-2-4-19(9-24(17)26(30,31)32)34(11-21-14-37-21)12-22-15-38-22/h1-4,6,8-9,20-22H,5,7,10-15H2. The Kier molecular flexibility index (Phi) is 7.31. The number of hydrogen-bond acceptors (Lipinski definition) is 6. The Labute approximate surface area is 215 Å². The summed E-state index contributed by atoms with van der Waals surface area (Å²) in [6, 6.07) is 7.19. The maximum atomic E-state index is 14.1. The molecule has 0 bridgehead atoms. The highest BCUT2D eigenvalue weighted by molar-refractivity contribution is 5.63. The fourth-order valence-corrected chi connectivity index (χ4v) is 4.48. The molecule has 0 radical (unpaired) electrons. The lowest BCUT2D eigenvalue weighted by Crippen LogP contribution is -2.32. The van der Waals surface area contributed by atoms with E-state index in [1.807, 2.05) is 0 Å². The molecular weight excluding hydrogens is 518 g/mol. The number of aldehydes is 1. The van der Waals surface area contributed by atoms with Crippen LogP contribution in [0.4, 0.5) is 37.7 Å². The number of anilines is 2. The van der Waals surface area contributed by atoms with E-state index in [0.29, 0.717) is 44.9 Å². The average molecular weight is 544 g/mol. The summed E-state index contributed by atoms with van der Waals surface area (Å²) in [6.45, 7) is 2.42. The van der Waals surface area contributed by atoms with Crippen molar-refractivity contribution in [3.05, 3.63) is 58.7 Å². The molecule has 3 aliphatic heterocycles. The fraction of sp³-hybridized carbons (Fsp3) is 0.500. The summed E-state index contributed by atoms with van der Waals surface area (Å²) in [4.78, 5) is 14.3. The summed E-state index contributed by atoms with van der Waals surface area (Å²) in [5, 5.41) is 0. The zero-order chi connectivity index (χ0) is 27.1. The zero-order valence-corrected chi connectivity index (χ0v) is 20.2. The van der Waals surface area contributed by atoms with Crippen molar-refractivity contribution in [2.45, 2.75) is 37.1 Å². The Morgan fingerprint density at radius 1 is 0.711 bits per heavy atom. The maximum absolute atomic E-state index is 14.1. The smallest absolute Gasteiger partial charge is 0.371 e. The van der Waals surface area contributed by atoms with Crippen molar-refractivity contribution in [2.75, 3.05) is 55.8 Å². The molecule has 3 heterocycles. The quantitative estimate of drug-likeness (QED) is 0.225. The van der Waals surface area contributed by atoms with Gasteiger partial charge in [0.15, 0.2) is 0 Å². The SMILES string of the molecule is O=CCN(CC1CO1)c1ccc(Cc2ccc(N(CC3CO3)CC3CO3)cc2C(F)(F)F)c(C(F)(F)F)c1. The lowest BCUT2D eigenvalue weighted by atomic mass is 9.94. The number of ether oxygens (including phenoxy) is 3. The van der Waals surface area contributed by atoms with Gasteiger partial charge in [-0.3, -0.25) is 0 Å². The summed E-state index contributed by atoms with van der Waals surface area (Å²) in [5.41, 5.74) is -2.12. The molecule has 3 unspecified atom stereocenters. The third kappa shape index (κ3) is 6.78. The van der Waals surface area contributed by atoms with E-state index < -0.39 is 29.9 Å². The lowest BCUT2D eigenvalue weighted by Gasteiger charge is -2.26. The molecule has 0 saturated carbocycles. The first-order valence-electron chi connectivity index (χ1n) is 12.2. The fourth-order valence-electron chi connectivity index (χ4n) is 4.48. The van der Waals surface area contributed by atoms with Crippen LogP contribution in [0.5, 0.6) is 0 Å². The number of carbonyl (C=O) groups is 1. The summed E-state index contributed by atoms with van der Waals surface area (Å²) < 4.78 is 100. The third-order valence-corrected chi connectivity index (χ3v) is 6.68. The molecule has 3 atom stereocenters. The van der Waals surface area contributed by atoms with Gasteiger partial charge in [-0.15, -0.1) is 0 Å². The van der Waals surface area contributed by atoms with Crippen molar-refractivity contribution in [1.29, 1.82) is 0 Å². The molecule has 0 amide bonds. The van der Waals surface area contributed by atoms with E-state index in [2.05, 4.69) is 0 Å².